The van der Waals surface area contributed by atoms with Crippen LogP contribution in [0.1, 0.15) is 30.9 Å². The number of amides is 1. The number of piperazine rings is 1. The Morgan fingerprint density at radius 1 is 1.16 bits per heavy atom. The van der Waals surface area contributed by atoms with Crippen LogP contribution in [0.2, 0.25) is 0 Å². The summed E-state index contributed by atoms with van der Waals surface area (Å²) < 4.78 is 31.6. The number of rotatable bonds is 7. The molecule has 0 N–H and O–H groups in total. The molecule has 0 radical (unpaired) electrons. The van der Waals surface area contributed by atoms with Crippen molar-refractivity contribution in [1.82, 2.24) is 9.21 Å². The molecule has 0 unspecified atom stereocenters. The van der Waals surface area contributed by atoms with Gasteiger partial charge in [-0.05, 0) is 37.5 Å². The molecule has 1 aromatic carbocycles. The molecule has 1 aromatic rings. The van der Waals surface area contributed by atoms with Gasteiger partial charge in [0.1, 0.15) is 5.75 Å². The monoisotopic (exact) mass is 368 g/mol. The molecule has 1 fully saturated rings. The fraction of sp³-hybridized carbons (Fsp3) is 0.611. The number of nitrogens with zero attached hydrogens (tertiary/aromatic N) is 2. The summed E-state index contributed by atoms with van der Waals surface area (Å²) in [6.45, 7) is 7.48. The minimum absolute atomic E-state index is 0.0210. The van der Waals surface area contributed by atoms with Gasteiger partial charge >= 0.3 is 0 Å². The smallest absolute Gasteiger partial charge is 0.260 e. The topological polar surface area (TPSA) is 66.9 Å². The molecule has 25 heavy (non-hydrogen) atoms. The summed E-state index contributed by atoms with van der Waals surface area (Å²) in [7, 11) is -3.20. The summed E-state index contributed by atoms with van der Waals surface area (Å²) >= 11 is 0. The quantitative estimate of drug-likeness (QED) is 0.738. The molecule has 1 aliphatic heterocycles. The van der Waals surface area contributed by atoms with E-state index in [0.717, 1.165) is 17.5 Å². The Morgan fingerprint density at radius 3 is 2.48 bits per heavy atom. The SMILES string of the molecule is CCCCS(=O)(=O)N1CCN(C(=O)COc2cccc(C)c2C)CC1. The van der Waals surface area contributed by atoms with Crippen molar-refractivity contribution < 1.29 is 17.9 Å². The number of aryl methyl sites for hydroxylation is 1. The molecule has 0 bridgehead atoms. The third kappa shape index (κ3) is 5.19. The Bertz CT molecular complexity index is 695. The van der Waals surface area contributed by atoms with E-state index in [-0.39, 0.29) is 18.3 Å². The van der Waals surface area contributed by atoms with Crippen molar-refractivity contribution in [2.75, 3.05) is 38.5 Å². The predicted molar refractivity (Wildman–Crippen MR) is 98.3 cm³/mol. The van der Waals surface area contributed by atoms with Crippen LogP contribution in [-0.4, -0.2) is 62.1 Å². The first-order valence-electron chi connectivity index (χ1n) is 8.79. The minimum Gasteiger partial charge on any atom is -0.483 e. The van der Waals surface area contributed by atoms with Crippen molar-refractivity contribution in [3.05, 3.63) is 29.3 Å². The van der Waals surface area contributed by atoms with Crippen LogP contribution in [0.15, 0.2) is 18.2 Å². The highest BCUT2D eigenvalue weighted by molar-refractivity contribution is 7.89. The van der Waals surface area contributed by atoms with Crippen LogP contribution in [0.4, 0.5) is 0 Å². The molecule has 0 aliphatic carbocycles. The van der Waals surface area contributed by atoms with Gasteiger partial charge in [-0.2, -0.15) is 4.31 Å². The number of benzene rings is 1. The van der Waals surface area contributed by atoms with Crippen LogP contribution in [0.25, 0.3) is 0 Å². The molecule has 0 spiro atoms. The molecule has 0 atom stereocenters. The molecule has 1 amide bonds. The van der Waals surface area contributed by atoms with Crippen LogP contribution >= 0.6 is 0 Å². The van der Waals surface area contributed by atoms with Gasteiger partial charge in [-0.3, -0.25) is 4.79 Å². The first-order chi connectivity index (χ1) is 11.8. The summed E-state index contributed by atoms with van der Waals surface area (Å²) in [5.74, 6) is 0.799. The lowest BCUT2D eigenvalue weighted by Gasteiger charge is -2.34. The second-order valence-electron chi connectivity index (χ2n) is 6.44. The Labute approximate surface area is 150 Å². The Balaban J connectivity index is 1.84. The van der Waals surface area contributed by atoms with E-state index in [4.69, 9.17) is 4.74 Å². The van der Waals surface area contributed by atoms with Gasteiger partial charge < -0.3 is 9.64 Å². The highest BCUT2D eigenvalue weighted by Gasteiger charge is 2.28. The fourth-order valence-electron chi connectivity index (χ4n) is 2.78. The summed E-state index contributed by atoms with van der Waals surface area (Å²) in [6.07, 6.45) is 1.53. The number of unbranched alkanes of at least 4 members (excludes halogenated alkanes) is 1. The zero-order chi connectivity index (χ0) is 18.4. The normalized spacial score (nSPS) is 16.0. The van der Waals surface area contributed by atoms with Crippen LogP contribution in [-0.2, 0) is 14.8 Å². The second-order valence-corrected chi connectivity index (χ2v) is 8.52. The number of carbonyl (C=O) groups excluding carboxylic acids is 1. The van der Waals surface area contributed by atoms with E-state index in [9.17, 15) is 13.2 Å². The fourth-order valence-corrected chi connectivity index (χ4v) is 4.41. The van der Waals surface area contributed by atoms with E-state index >= 15 is 0 Å². The van der Waals surface area contributed by atoms with Gasteiger partial charge in [0.25, 0.3) is 5.91 Å². The van der Waals surface area contributed by atoms with Crippen LogP contribution < -0.4 is 4.74 Å². The van der Waals surface area contributed by atoms with Gasteiger partial charge in [0.2, 0.25) is 10.0 Å². The molecule has 1 aliphatic rings. The van der Waals surface area contributed by atoms with Crippen LogP contribution in [0, 0.1) is 13.8 Å². The average molecular weight is 368 g/mol. The first-order valence-corrected chi connectivity index (χ1v) is 10.4. The molecular weight excluding hydrogens is 340 g/mol. The molecule has 2 rings (SSSR count). The van der Waals surface area contributed by atoms with Crippen LogP contribution in [0.3, 0.4) is 0 Å². The average Bonchev–Trinajstić information content (AvgIpc) is 2.61. The van der Waals surface area contributed by atoms with E-state index < -0.39 is 10.0 Å². The van der Waals surface area contributed by atoms with Gasteiger partial charge in [0.05, 0.1) is 5.75 Å². The number of ether oxygens (including phenoxy) is 1. The third-order valence-electron chi connectivity index (χ3n) is 4.65. The molecule has 6 nitrogen and oxygen atoms in total. The van der Waals surface area contributed by atoms with Gasteiger partial charge in [-0.15, -0.1) is 0 Å². The van der Waals surface area contributed by atoms with Crippen molar-refractivity contribution in [3.8, 4) is 5.75 Å². The van der Waals surface area contributed by atoms with Crippen molar-refractivity contribution in [3.63, 3.8) is 0 Å². The molecule has 1 saturated heterocycles. The number of hydrogen-bond acceptors (Lipinski definition) is 4. The lowest BCUT2D eigenvalue weighted by Crippen LogP contribution is -2.52. The van der Waals surface area contributed by atoms with Gasteiger partial charge in [-0.25, -0.2) is 8.42 Å². The van der Waals surface area contributed by atoms with E-state index in [1.807, 2.05) is 39.0 Å². The molecular formula is C18H28N2O4S. The molecule has 1 heterocycles. The maximum absolute atomic E-state index is 12.3. The Morgan fingerprint density at radius 2 is 1.84 bits per heavy atom. The maximum Gasteiger partial charge on any atom is 0.260 e. The van der Waals surface area contributed by atoms with Crippen molar-refractivity contribution in [1.29, 1.82) is 0 Å². The zero-order valence-electron chi connectivity index (χ0n) is 15.3. The number of hydrogen-bond donors (Lipinski definition) is 0. The van der Waals surface area contributed by atoms with E-state index in [1.54, 1.807) is 4.90 Å². The standard InChI is InChI=1S/C18H28N2O4S/c1-4-5-13-25(22,23)20-11-9-19(10-12-20)18(21)14-24-17-8-6-7-15(2)16(17)3/h6-8H,4-5,9-14H2,1-3H3. The summed E-state index contributed by atoms with van der Waals surface area (Å²) in [5.41, 5.74) is 2.15. The van der Waals surface area contributed by atoms with Crippen molar-refractivity contribution in [2.24, 2.45) is 0 Å². The molecule has 0 saturated carbocycles. The predicted octanol–water partition coefficient (Wildman–Crippen LogP) is 1.96. The van der Waals surface area contributed by atoms with Crippen molar-refractivity contribution in [2.45, 2.75) is 33.6 Å². The van der Waals surface area contributed by atoms with E-state index in [2.05, 4.69) is 0 Å². The lowest BCUT2D eigenvalue weighted by molar-refractivity contribution is -0.134. The minimum atomic E-state index is -3.20. The summed E-state index contributed by atoms with van der Waals surface area (Å²) in [5, 5.41) is 0. The van der Waals surface area contributed by atoms with Crippen molar-refractivity contribution >= 4 is 15.9 Å². The third-order valence-corrected chi connectivity index (χ3v) is 6.60. The summed E-state index contributed by atoms with van der Waals surface area (Å²) in [6, 6.07) is 5.76. The van der Waals surface area contributed by atoms with E-state index in [0.29, 0.717) is 38.3 Å². The maximum atomic E-state index is 12.3. The Kier molecular flexibility index (Phi) is 6.84. The highest BCUT2D eigenvalue weighted by Crippen LogP contribution is 2.20. The molecule has 140 valence electrons. The number of sulfonamides is 1. The largest absolute Gasteiger partial charge is 0.483 e. The van der Waals surface area contributed by atoms with Gasteiger partial charge in [0.15, 0.2) is 6.61 Å². The molecule has 7 heteroatoms. The highest BCUT2D eigenvalue weighted by atomic mass is 32.2. The summed E-state index contributed by atoms with van der Waals surface area (Å²) in [4.78, 5) is 14.0. The van der Waals surface area contributed by atoms with Crippen LogP contribution in [0.5, 0.6) is 5.75 Å². The molecule has 0 aromatic heterocycles. The van der Waals surface area contributed by atoms with E-state index in [1.165, 1.54) is 4.31 Å². The van der Waals surface area contributed by atoms with Gasteiger partial charge in [0, 0.05) is 26.2 Å². The Hall–Kier alpha value is -1.60. The second kappa shape index (κ2) is 8.67. The zero-order valence-corrected chi connectivity index (χ0v) is 16.1. The first kappa shape index (κ1) is 19.7. The lowest BCUT2D eigenvalue weighted by atomic mass is 10.1. The van der Waals surface area contributed by atoms with Gasteiger partial charge in [-0.1, -0.05) is 25.5 Å². The number of carbonyl (C=O) groups is 1.